The fraction of sp³-hybridized carbons (Fsp3) is 0.158. The van der Waals surface area contributed by atoms with Gasteiger partial charge in [-0.25, -0.2) is 4.99 Å². The van der Waals surface area contributed by atoms with Crippen LogP contribution in [0.2, 0.25) is 0 Å². The van der Waals surface area contributed by atoms with Crippen molar-refractivity contribution in [3.8, 4) is 0 Å². The number of carbonyl (C=O) groups is 1. The number of amides is 1. The van der Waals surface area contributed by atoms with Crippen molar-refractivity contribution in [2.24, 2.45) is 4.99 Å². The minimum atomic E-state index is -4.51. The Bertz CT molecular complexity index is 919. The Labute approximate surface area is 158 Å². The number of halogens is 3. The van der Waals surface area contributed by atoms with Crippen LogP contribution in [0, 0.1) is 0 Å². The number of anilines is 1. The van der Waals surface area contributed by atoms with E-state index in [0.29, 0.717) is 4.91 Å². The van der Waals surface area contributed by atoms with Crippen molar-refractivity contribution >= 4 is 40.3 Å². The van der Waals surface area contributed by atoms with Crippen LogP contribution in [0.1, 0.15) is 11.1 Å². The molecule has 0 atom stereocenters. The SMILES string of the molecule is CN(C)c1ccc(C=C2SC(=Nc3ccccc3C(F)(F)F)NC2=O)cc1. The van der Waals surface area contributed by atoms with Gasteiger partial charge in [-0.15, -0.1) is 0 Å². The summed E-state index contributed by atoms with van der Waals surface area (Å²) in [5, 5.41) is 2.63. The van der Waals surface area contributed by atoms with Crippen molar-refractivity contribution in [2.75, 3.05) is 19.0 Å². The summed E-state index contributed by atoms with van der Waals surface area (Å²) in [6, 6.07) is 12.6. The lowest BCUT2D eigenvalue weighted by Crippen LogP contribution is -2.19. The molecule has 1 heterocycles. The molecule has 0 saturated carbocycles. The van der Waals surface area contributed by atoms with Crippen LogP contribution in [0.4, 0.5) is 24.5 Å². The molecule has 8 heteroatoms. The summed E-state index contributed by atoms with van der Waals surface area (Å²) in [4.78, 5) is 18.4. The second-order valence-corrected chi connectivity index (χ2v) is 7.01. The molecule has 140 valence electrons. The number of aliphatic imine (C=N–C) groups is 1. The third kappa shape index (κ3) is 4.51. The highest BCUT2D eigenvalue weighted by Gasteiger charge is 2.34. The zero-order valence-corrected chi connectivity index (χ0v) is 15.4. The monoisotopic (exact) mass is 391 g/mol. The van der Waals surface area contributed by atoms with Gasteiger partial charge in [0.15, 0.2) is 5.17 Å². The average molecular weight is 391 g/mol. The lowest BCUT2D eigenvalue weighted by atomic mass is 10.2. The maximum absolute atomic E-state index is 13.1. The van der Waals surface area contributed by atoms with Crippen LogP contribution in [-0.2, 0) is 11.0 Å². The van der Waals surface area contributed by atoms with E-state index in [9.17, 15) is 18.0 Å². The first-order valence-electron chi connectivity index (χ1n) is 7.97. The number of thioether (sulfide) groups is 1. The highest BCUT2D eigenvalue weighted by atomic mass is 32.2. The number of hydrogen-bond donors (Lipinski definition) is 1. The summed E-state index contributed by atoms with van der Waals surface area (Å²) in [6.45, 7) is 0. The normalized spacial score (nSPS) is 17.4. The molecule has 0 aliphatic carbocycles. The standard InChI is InChI=1S/C19H16F3N3OS/c1-25(2)13-9-7-12(8-10-13)11-16-17(26)24-18(27-16)23-15-6-4-3-5-14(15)19(20,21)22/h3-11H,1-2H3,(H,23,24,26). The number of amidine groups is 1. The van der Waals surface area contributed by atoms with Crippen LogP contribution in [0.3, 0.4) is 0 Å². The van der Waals surface area contributed by atoms with Gasteiger partial charge in [0.25, 0.3) is 5.91 Å². The molecule has 0 spiro atoms. The molecule has 0 unspecified atom stereocenters. The minimum Gasteiger partial charge on any atom is -0.378 e. The van der Waals surface area contributed by atoms with Gasteiger partial charge in [-0.1, -0.05) is 24.3 Å². The molecule has 1 saturated heterocycles. The molecule has 0 bridgehead atoms. The molecule has 0 radical (unpaired) electrons. The fourth-order valence-electron chi connectivity index (χ4n) is 2.42. The maximum Gasteiger partial charge on any atom is 0.418 e. The molecule has 1 aliphatic heterocycles. The topological polar surface area (TPSA) is 44.7 Å². The zero-order valence-electron chi connectivity index (χ0n) is 14.5. The minimum absolute atomic E-state index is 0.118. The Morgan fingerprint density at radius 2 is 1.74 bits per heavy atom. The Hall–Kier alpha value is -2.74. The molecule has 0 aromatic heterocycles. The predicted octanol–water partition coefficient (Wildman–Crippen LogP) is 4.66. The molecule has 3 rings (SSSR count). The van der Waals surface area contributed by atoms with E-state index >= 15 is 0 Å². The Morgan fingerprint density at radius 1 is 1.07 bits per heavy atom. The van der Waals surface area contributed by atoms with Crippen LogP contribution in [0.25, 0.3) is 6.08 Å². The number of para-hydroxylation sites is 1. The van der Waals surface area contributed by atoms with Gasteiger partial charge < -0.3 is 10.2 Å². The number of rotatable bonds is 3. The van der Waals surface area contributed by atoms with Gasteiger partial charge >= 0.3 is 6.18 Å². The second kappa shape index (κ2) is 7.48. The summed E-state index contributed by atoms with van der Waals surface area (Å²) < 4.78 is 39.2. The molecular formula is C19H16F3N3OS. The third-order valence-corrected chi connectivity index (χ3v) is 4.70. The number of carbonyl (C=O) groups excluding carboxylic acids is 1. The van der Waals surface area contributed by atoms with Gasteiger partial charge in [-0.05, 0) is 47.7 Å². The van der Waals surface area contributed by atoms with Crippen molar-refractivity contribution in [3.05, 3.63) is 64.6 Å². The quantitative estimate of drug-likeness (QED) is 0.774. The summed E-state index contributed by atoms with van der Waals surface area (Å²) in [5.41, 5.74) is 0.760. The number of nitrogens with zero attached hydrogens (tertiary/aromatic N) is 2. The van der Waals surface area contributed by atoms with Crippen LogP contribution in [0.5, 0.6) is 0 Å². The smallest absolute Gasteiger partial charge is 0.378 e. The number of nitrogens with one attached hydrogen (secondary N) is 1. The molecule has 1 N–H and O–H groups in total. The number of alkyl halides is 3. The van der Waals surface area contributed by atoms with Gasteiger partial charge in [0, 0.05) is 19.8 Å². The largest absolute Gasteiger partial charge is 0.418 e. The van der Waals surface area contributed by atoms with Crippen molar-refractivity contribution in [3.63, 3.8) is 0 Å². The molecule has 1 aliphatic rings. The van der Waals surface area contributed by atoms with Crippen LogP contribution < -0.4 is 10.2 Å². The molecular weight excluding hydrogens is 375 g/mol. The third-order valence-electron chi connectivity index (χ3n) is 3.79. The van der Waals surface area contributed by atoms with Crippen molar-refractivity contribution in [1.82, 2.24) is 5.32 Å². The second-order valence-electron chi connectivity index (χ2n) is 5.98. The summed E-state index contributed by atoms with van der Waals surface area (Å²) >= 11 is 1.01. The molecule has 1 amide bonds. The Morgan fingerprint density at radius 3 is 2.37 bits per heavy atom. The van der Waals surface area contributed by atoms with Crippen LogP contribution in [0.15, 0.2) is 58.4 Å². The Kier molecular flexibility index (Phi) is 5.27. The van der Waals surface area contributed by atoms with Crippen molar-refractivity contribution in [2.45, 2.75) is 6.18 Å². The average Bonchev–Trinajstić information content (AvgIpc) is 2.94. The molecule has 27 heavy (non-hydrogen) atoms. The van der Waals surface area contributed by atoms with E-state index in [0.717, 1.165) is 29.1 Å². The number of benzene rings is 2. The van der Waals surface area contributed by atoms with E-state index in [4.69, 9.17) is 0 Å². The van der Waals surface area contributed by atoms with E-state index in [1.54, 1.807) is 6.08 Å². The highest BCUT2D eigenvalue weighted by Crippen LogP contribution is 2.37. The van der Waals surface area contributed by atoms with Crippen molar-refractivity contribution < 1.29 is 18.0 Å². The summed E-state index contributed by atoms with van der Waals surface area (Å²) in [6.07, 6.45) is -2.83. The van der Waals surface area contributed by atoms with Gasteiger partial charge in [-0.2, -0.15) is 13.2 Å². The van der Waals surface area contributed by atoms with E-state index in [1.165, 1.54) is 18.2 Å². The summed E-state index contributed by atoms with van der Waals surface area (Å²) in [7, 11) is 3.85. The number of hydrogen-bond acceptors (Lipinski definition) is 4. The van der Waals surface area contributed by atoms with E-state index in [-0.39, 0.29) is 16.8 Å². The lowest BCUT2D eigenvalue weighted by Gasteiger charge is -2.11. The molecule has 2 aromatic rings. The first-order valence-corrected chi connectivity index (χ1v) is 8.79. The molecule has 2 aromatic carbocycles. The maximum atomic E-state index is 13.1. The van der Waals surface area contributed by atoms with E-state index < -0.39 is 11.7 Å². The Balaban J connectivity index is 1.85. The van der Waals surface area contributed by atoms with Crippen molar-refractivity contribution in [1.29, 1.82) is 0 Å². The van der Waals surface area contributed by atoms with E-state index in [1.807, 2.05) is 43.3 Å². The van der Waals surface area contributed by atoms with Crippen LogP contribution >= 0.6 is 11.8 Å². The van der Waals surface area contributed by atoms with Gasteiger partial charge in [-0.3, -0.25) is 4.79 Å². The molecule has 4 nitrogen and oxygen atoms in total. The fourth-order valence-corrected chi connectivity index (χ4v) is 3.26. The molecule has 1 fully saturated rings. The van der Waals surface area contributed by atoms with Crippen LogP contribution in [-0.4, -0.2) is 25.2 Å². The first kappa shape index (κ1) is 19.0. The summed E-state index contributed by atoms with van der Waals surface area (Å²) in [5.74, 6) is -0.389. The first-order chi connectivity index (χ1) is 12.7. The van der Waals surface area contributed by atoms with Gasteiger partial charge in [0.1, 0.15) is 0 Å². The van der Waals surface area contributed by atoms with Gasteiger partial charge in [0.05, 0.1) is 16.2 Å². The zero-order chi connectivity index (χ0) is 19.6. The van der Waals surface area contributed by atoms with E-state index in [2.05, 4.69) is 10.3 Å². The lowest BCUT2D eigenvalue weighted by molar-refractivity contribution is -0.137. The predicted molar refractivity (Wildman–Crippen MR) is 103 cm³/mol. The highest BCUT2D eigenvalue weighted by molar-refractivity contribution is 8.18. The van der Waals surface area contributed by atoms with Gasteiger partial charge in [0.2, 0.25) is 0 Å².